The van der Waals surface area contributed by atoms with E-state index in [0.29, 0.717) is 12.2 Å². The normalized spacial score (nSPS) is 13.5. The summed E-state index contributed by atoms with van der Waals surface area (Å²) in [5.74, 6) is -33.4. The van der Waals surface area contributed by atoms with Gasteiger partial charge in [0.25, 0.3) is 0 Å². The molecule has 0 aliphatic heterocycles. The summed E-state index contributed by atoms with van der Waals surface area (Å²) in [7, 11) is 0. The molecular weight excluding hydrogens is 704 g/mol. The van der Waals surface area contributed by atoms with Crippen LogP contribution in [0, 0.1) is 46.5 Å². The van der Waals surface area contributed by atoms with Gasteiger partial charge in [-0.3, -0.25) is 0 Å². The van der Waals surface area contributed by atoms with Crippen LogP contribution in [0.1, 0.15) is 38.8 Å². The van der Waals surface area contributed by atoms with Gasteiger partial charge < -0.3 is 18.9 Å². The van der Waals surface area contributed by atoms with Gasteiger partial charge in [-0.2, -0.15) is 52.7 Å². The smallest absolute Gasteiger partial charge is 0.423 e. The largest absolute Gasteiger partial charge is 0.481 e. The van der Waals surface area contributed by atoms with Gasteiger partial charge in [-0.15, -0.1) is 0 Å². The lowest BCUT2D eigenvalue weighted by Crippen LogP contribution is -2.64. The molecule has 0 saturated heterocycles. The molecule has 0 saturated carbocycles. The summed E-state index contributed by atoms with van der Waals surface area (Å²) in [6.07, 6.45) is -10.8. The maximum absolute atomic E-state index is 15.0. The van der Waals surface area contributed by atoms with Crippen LogP contribution in [0.25, 0.3) is 12.2 Å². The van der Waals surface area contributed by atoms with Crippen LogP contribution >= 0.6 is 0 Å². The highest BCUT2D eigenvalue weighted by molar-refractivity contribution is 5.52. The predicted octanol–water partition coefficient (Wildman–Crippen LogP) is 9.59. The quantitative estimate of drug-likeness (QED) is 0.135. The van der Waals surface area contributed by atoms with Gasteiger partial charge >= 0.3 is 24.1 Å². The number of hydrogen-bond acceptors (Lipinski definition) is 4. The molecular formula is C28H22F16O4. The molecule has 0 fully saturated rings. The number of alkyl halides is 8. The van der Waals surface area contributed by atoms with E-state index in [-0.39, 0.29) is 27.7 Å². The molecule has 270 valence electrons. The SMILES string of the molecule is C=Cc1c(F)c(F)c(OCC(F)(F)OC(C)(C)C(F)(F)C(F)(F)OC(C)(C)C(F)(F)COc2c(F)c(F)c(C=C)c(F)c2F)c(F)c1F. The Morgan fingerprint density at radius 2 is 0.833 bits per heavy atom. The Bertz CT molecular complexity index is 1510. The van der Waals surface area contributed by atoms with Crippen molar-refractivity contribution < 1.29 is 89.2 Å². The van der Waals surface area contributed by atoms with Crippen molar-refractivity contribution in [1.82, 2.24) is 0 Å². The van der Waals surface area contributed by atoms with E-state index >= 15 is 0 Å². The molecule has 0 heterocycles. The van der Waals surface area contributed by atoms with Crippen molar-refractivity contribution in [2.75, 3.05) is 13.2 Å². The van der Waals surface area contributed by atoms with Gasteiger partial charge in [-0.1, -0.05) is 25.3 Å². The maximum Gasteiger partial charge on any atom is 0.423 e. The van der Waals surface area contributed by atoms with E-state index in [1.165, 1.54) is 0 Å². The van der Waals surface area contributed by atoms with Crippen LogP contribution in [0.5, 0.6) is 11.5 Å². The molecule has 0 spiro atoms. The summed E-state index contributed by atoms with van der Waals surface area (Å²) in [6, 6.07) is 0. The van der Waals surface area contributed by atoms with Crippen LogP contribution in [-0.2, 0) is 9.47 Å². The third kappa shape index (κ3) is 7.32. The molecule has 0 aliphatic carbocycles. The molecule has 0 radical (unpaired) electrons. The Balaban J connectivity index is 2.29. The molecule has 0 aliphatic rings. The first-order valence-corrected chi connectivity index (χ1v) is 12.7. The zero-order valence-corrected chi connectivity index (χ0v) is 24.7. The van der Waals surface area contributed by atoms with E-state index in [0.717, 1.165) is 0 Å². The number of ether oxygens (including phenoxy) is 4. The first kappa shape index (κ1) is 40.5. The minimum Gasteiger partial charge on any atom is -0.481 e. The first-order chi connectivity index (χ1) is 21.5. The summed E-state index contributed by atoms with van der Waals surface area (Å²) in [5, 5.41) is 0. The predicted molar refractivity (Wildman–Crippen MR) is 134 cm³/mol. The molecule has 0 bridgehead atoms. The van der Waals surface area contributed by atoms with E-state index in [2.05, 4.69) is 32.1 Å². The first-order valence-electron chi connectivity index (χ1n) is 12.7. The van der Waals surface area contributed by atoms with E-state index in [1.807, 2.05) is 0 Å². The van der Waals surface area contributed by atoms with Crippen molar-refractivity contribution in [2.45, 2.75) is 63.0 Å². The highest BCUT2D eigenvalue weighted by Gasteiger charge is 2.72. The lowest BCUT2D eigenvalue weighted by Gasteiger charge is -2.43. The van der Waals surface area contributed by atoms with Crippen LogP contribution in [0.2, 0.25) is 0 Å². The van der Waals surface area contributed by atoms with Gasteiger partial charge in [0.1, 0.15) is 11.2 Å². The van der Waals surface area contributed by atoms with Crippen LogP contribution in [0.4, 0.5) is 70.2 Å². The number of rotatable bonds is 15. The van der Waals surface area contributed by atoms with Crippen molar-refractivity contribution in [3.63, 3.8) is 0 Å². The number of hydrogen-bond donors (Lipinski definition) is 0. The Labute approximate surface area is 260 Å². The van der Waals surface area contributed by atoms with Crippen molar-refractivity contribution in [2.24, 2.45) is 0 Å². The summed E-state index contributed by atoms with van der Waals surface area (Å²) in [4.78, 5) is 0. The topological polar surface area (TPSA) is 36.9 Å². The summed E-state index contributed by atoms with van der Waals surface area (Å²) in [6.45, 7) is 0.478. The summed E-state index contributed by atoms with van der Waals surface area (Å²) >= 11 is 0. The second kappa shape index (κ2) is 13.3. The van der Waals surface area contributed by atoms with Gasteiger partial charge in [0.05, 0.1) is 11.1 Å². The molecule has 2 aromatic carbocycles. The summed E-state index contributed by atoms with van der Waals surface area (Å²) < 4.78 is 245. The van der Waals surface area contributed by atoms with E-state index in [1.54, 1.807) is 0 Å². The van der Waals surface area contributed by atoms with E-state index in [4.69, 9.17) is 0 Å². The van der Waals surface area contributed by atoms with Gasteiger partial charge in [0.15, 0.2) is 48.0 Å². The molecule has 20 heteroatoms. The van der Waals surface area contributed by atoms with Crippen LogP contribution in [-0.4, -0.2) is 48.5 Å². The second-order valence-corrected chi connectivity index (χ2v) is 10.6. The van der Waals surface area contributed by atoms with Crippen LogP contribution in [0.3, 0.4) is 0 Å². The molecule has 0 amide bonds. The van der Waals surface area contributed by atoms with E-state index < -0.39 is 118 Å². The fraction of sp³-hybridized carbons (Fsp3) is 0.429. The lowest BCUT2D eigenvalue weighted by atomic mass is 9.96. The van der Waals surface area contributed by atoms with Gasteiger partial charge in [-0.05, 0) is 27.7 Å². The Morgan fingerprint density at radius 1 is 0.500 bits per heavy atom. The van der Waals surface area contributed by atoms with Crippen molar-refractivity contribution in [3.05, 3.63) is 70.8 Å². The standard InChI is InChI=1S/C28H22F16O4/c1-7-11-13(29)17(33)21(18(34)14(11)30)45-9-25(37,38)23(3,4)48-28(43,44)27(41,42)24(5,6)47-26(39,40)10-46-22-19(35)15(31)12(8-2)16(32)20(22)36/h7-8H,1-2,9-10H2,3-6H3. The summed E-state index contributed by atoms with van der Waals surface area (Å²) in [5.41, 5.74) is -10.8. The molecule has 4 nitrogen and oxygen atoms in total. The minimum atomic E-state index is -6.20. The van der Waals surface area contributed by atoms with Gasteiger partial charge in [-0.25, -0.2) is 17.6 Å². The van der Waals surface area contributed by atoms with Crippen molar-refractivity contribution in [3.8, 4) is 11.5 Å². The van der Waals surface area contributed by atoms with E-state index in [9.17, 15) is 70.2 Å². The average molecular weight is 726 g/mol. The molecule has 2 rings (SSSR count). The molecule has 0 aromatic heterocycles. The van der Waals surface area contributed by atoms with Crippen LogP contribution < -0.4 is 9.47 Å². The Kier molecular flexibility index (Phi) is 11.2. The molecule has 0 unspecified atom stereocenters. The average Bonchev–Trinajstić information content (AvgIpc) is 2.94. The lowest BCUT2D eigenvalue weighted by molar-refractivity contribution is -0.445. The zero-order chi connectivity index (χ0) is 37.6. The third-order valence-electron chi connectivity index (χ3n) is 6.50. The molecule has 0 N–H and O–H groups in total. The van der Waals surface area contributed by atoms with Gasteiger partial charge in [0, 0.05) is 0 Å². The minimum absolute atomic E-state index is 0.00430. The van der Waals surface area contributed by atoms with Crippen LogP contribution in [0.15, 0.2) is 13.2 Å². The molecule has 0 atom stereocenters. The molecule has 48 heavy (non-hydrogen) atoms. The number of benzene rings is 2. The molecule has 2 aromatic rings. The Hall–Kier alpha value is -3.68. The monoisotopic (exact) mass is 726 g/mol. The van der Waals surface area contributed by atoms with Crippen molar-refractivity contribution in [1.29, 1.82) is 0 Å². The fourth-order valence-electron chi connectivity index (χ4n) is 3.64. The Morgan fingerprint density at radius 3 is 1.17 bits per heavy atom. The highest BCUT2D eigenvalue weighted by atomic mass is 19.3. The van der Waals surface area contributed by atoms with Crippen molar-refractivity contribution >= 4 is 12.2 Å². The maximum atomic E-state index is 15.0. The zero-order valence-electron chi connectivity index (χ0n) is 24.7. The fourth-order valence-corrected chi connectivity index (χ4v) is 3.64. The number of halogens is 16. The third-order valence-corrected chi connectivity index (χ3v) is 6.50. The highest BCUT2D eigenvalue weighted by Crippen LogP contribution is 2.50. The van der Waals surface area contributed by atoms with Gasteiger partial charge in [0.2, 0.25) is 23.3 Å². The second-order valence-electron chi connectivity index (χ2n) is 10.6.